The molecule has 14 heavy (non-hydrogen) atoms. The molecule has 0 radical (unpaired) electrons. The molecule has 0 saturated heterocycles. The van der Waals surface area contributed by atoms with Gasteiger partial charge in [0.1, 0.15) is 0 Å². The molecule has 0 amide bonds. The molecule has 0 aliphatic rings. The van der Waals surface area contributed by atoms with Crippen molar-refractivity contribution in [3.8, 4) is 0 Å². The summed E-state index contributed by atoms with van der Waals surface area (Å²) in [5.41, 5.74) is 0. The Morgan fingerprint density at radius 2 is 1.71 bits per heavy atom. The van der Waals surface area contributed by atoms with Crippen molar-refractivity contribution in [3.63, 3.8) is 0 Å². The molecule has 0 aromatic heterocycles. The molecule has 1 atom stereocenters. The molecule has 0 fully saturated rings. The summed E-state index contributed by atoms with van der Waals surface area (Å²) >= 11 is 0. The Kier molecular flexibility index (Phi) is 8.66. The van der Waals surface area contributed by atoms with E-state index in [9.17, 15) is 23.0 Å². The van der Waals surface area contributed by atoms with Gasteiger partial charge in [-0.15, -0.1) is 0 Å². The van der Waals surface area contributed by atoms with E-state index >= 15 is 0 Å². The first-order valence-electron chi connectivity index (χ1n) is 2.65. The van der Waals surface area contributed by atoms with E-state index < -0.39 is 25.4 Å². The predicted octanol–water partition coefficient (Wildman–Crippen LogP) is -0.909. The number of hydrogen-bond donors (Lipinski definition) is 1. The van der Waals surface area contributed by atoms with Gasteiger partial charge in [0, 0.05) is 0 Å². The molecule has 11 heteroatoms. The van der Waals surface area contributed by atoms with E-state index in [0.29, 0.717) is 0 Å². The molecule has 0 bridgehead atoms. The number of hydrogen-bond acceptors (Lipinski definition) is 5. The van der Waals surface area contributed by atoms with E-state index in [1.54, 1.807) is 0 Å². The van der Waals surface area contributed by atoms with E-state index in [1.807, 2.05) is 0 Å². The molecule has 6 nitrogen and oxygen atoms in total. The van der Waals surface area contributed by atoms with Crippen molar-refractivity contribution in [1.82, 2.24) is 0 Å². The fourth-order valence-electron chi connectivity index (χ4n) is 0.306. The van der Waals surface area contributed by atoms with Crippen molar-refractivity contribution in [2.45, 2.75) is 6.17 Å². The van der Waals surface area contributed by atoms with Gasteiger partial charge in [-0.2, -0.15) is 9.72 Å². The first kappa shape index (κ1) is 15.8. The van der Waals surface area contributed by atoms with Crippen LogP contribution in [0.3, 0.4) is 0 Å². The standard InChI is InChI=1S/C3H2BF3O6.Li.H/c5-1(2(8)9)3(10)11-4(12-6)13-7;;/h1H,(H,8,9);;. The Balaban J connectivity index is 0. The molecular weight excluding hydrogens is 207 g/mol. The predicted molar refractivity (Wildman–Crippen MR) is 35.9 cm³/mol. The van der Waals surface area contributed by atoms with E-state index in [2.05, 4.69) is 14.4 Å². The molecule has 76 valence electrons. The van der Waals surface area contributed by atoms with Crippen LogP contribution in [0.2, 0.25) is 0 Å². The monoisotopic (exact) mass is 210 g/mol. The number of rotatable bonds is 5. The third kappa shape index (κ3) is 5.13. The summed E-state index contributed by atoms with van der Waals surface area (Å²) in [5.74, 6) is -4.21. The van der Waals surface area contributed by atoms with E-state index in [0.717, 1.165) is 0 Å². The first-order valence-corrected chi connectivity index (χ1v) is 2.65. The zero-order valence-electron chi connectivity index (χ0n) is 5.78. The fourth-order valence-corrected chi connectivity index (χ4v) is 0.306. The van der Waals surface area contributed by atoms with Gasteiger partial charge in [-0.3, -0.25) is 0 Å². The topological polar surface area (TPSA) is 82.1 Å². The zero-order valence-corrected chi connectivity index (χ0v) is 5.78. The Bertz CT molecular complexity index is 201. The molecule has 0 heterocycles. The number of alkyl halides is 1. The molecule has 1 unspecified atom stereocenters. The third-order valence-corrected chi connectivity index (χ3v) is 0.782. The normalized spacial score (nSPS) is 11.1. The van der Waals surface area contributed by atoms with Crippen LogP contribution in [-0.2, 0) is 24.0 Å². The van der Waals surface area contributed by atoms with Gasteiger partial charge < -0.3 is 9.76 Å². The van der Waals surface area contributed by atoms with Crippen molar-refractivity contribution in [2.75, 3.05) is 0 Å². The van der Waals surface area contributed by atoms with Crippen molar-refractivity contribution in [1.29, 1.82) is 0 Å². The zero-order chi connectivity index (χ0) is 10.4. The van der Waals surface area contributed by atoms with E-state index in [1.165, 1.54) is 0 Å². The second-order valence-electron chi connectivity index (χ2n) is 1.60. The van der Waals surface area contributed by atoms with E-state index in [4.69, 9.17) is 5.11 Å². The van der Waals surface area contributed by atoms with Crippen LogP contribution in [0.25, 0.3) is 0 Å². The van der Waals surface area contributed by atoms with Crippen LogP contribution in [0.1, 0.15) is 0 Å². The summed E-state index contributed by atoms with van der Waals surface area (Å²) in [7, 11) is -2.73. The molecule has 0 aromatic carbocycles. The van der Waals surface area contributed by atoms with Gasteiger partial charge >= 0.3 is 38.1 Å². The summed E-state index contributed by atoms with van der Waals surface area (Å²) in [6, 6.07) is 0. The Hall–Kier alpha value is -0.688. The molecule has 0 spiro atoms. The fraction of sp³-hybridized carbons (Fsp3) is 0.333. The van der Waals surface area contributed by atoms with Gasteiger partial charge in [-0.05, 0) is 0 Å². The van der Waals surface area contributed by atoms with Gasteiger partial charge in [-0.25, -0.2) is 14.0 Å². The maximum atomic E-state index is 12.1. The molecule has 1 N–H and O–H groups in total. The maximum absolute atomic E-state index is 12.1. The quantitative estimate of drug-likeness (QED) is 0.467. The van der Waals surface area contributed by atoms with Gasteiger partial charge in [0.05, 0.1) is 0 Å². The molecule has 0 aliphatic carbocycles. The summed E-state index contributed by atoms with van der Waals surface area (Å²) in [6.45, 7) is 0. The van der Waals surface area contributed by atoms with Gasteiger partial charge in [-0.1, -0.05) is 9.05 Å². The van der Waals surface area contributed by atoms with Crippen molar-refractivity contribution in [2.24, 2.45) is 0 Å². The van der Waals surface area contributed by atoms with Gasteiger partial charge in [0.25, 0.3) is 6.17 Å². The second kappa shape index (κ2) is 7.69. The SMILES string of the molecule is O=C(O)C(F)C(=O)OB(OF)OF.[LiH]. The van der Waals surface area contributed by atoms with Crippen molar-refractivity contribution in [3.05, 3.63) is 0 Å². The molecule has 0 saturated carbocycles. The molecule has 0 aromatic rings. The number of carboxylic acid groups (broad SMARTS) is 1. The van der Waals surface area contributed by atoms with Crippen molar-refractivity contribution >= 4 is 38.1 Å². The Morgan fingerprint density at radius 3 is 2.00 bits per heavy atom. The van der Waals surface area contributed by atoms with Crippen LogP contribution in [0.4, 0.5) is 13.4 Å². The third-order valence-electron chi connectivity index (χ3n) is 0.782. The van der Waals surface area contributed by atoms with Crippen LogP contribution < -0.4 is 0 Å². The Morgan fingerprint density at radius 1 is 1.29 bits per heavy atom. The summed E-state index contributed by atoms with van der Waals surface area (Å²) < 4.78 is 37.6. The Labute approximate surface area is 87.4 Å². The van der Waals surface area contributed by atoms with Crippen LogP contribution in [0, 0.1) is 0 Å². The minimum atomic E-state index is -3.06. The van der Waals surface area contributed by atoms with Crippen LogP contribution in [0.15, 0.2) is 0 Å². The summed E-state index contributed by atoms with van der Waals surface area (Å²) in [6.07, 6.45) is -3.06. The van der Waals surface area contributed by atoms with Crippen LogP contribution >= 0.6 is 0 Å². The minimum absolute atomic E-state index is 0. The summed E-state index contributed by atoms with van der Waals surface area (Å²) in [5, 5.41) is 7.87. The molecular formula is C3H3BF3LiO6. The number of aliphatic carboxylic acids is 1. The average molecular weight is 210 g/mol. The molecule has 0 rings (SSSR count). The average Bonchev–Trinajstić information content (AvgIpc) is 2.12. The number of carbonyl (C=O) groups is 2. The van der Waals surface area contributed by atoms with Gasteiger partial charge in [0.2, 0.25) is 0 Å². The number of halogens is 3. The second-order valence-corrected chi connectivity index (χ2v) is 1.60. The first-order chi connectivity index (χ1) is 6.02. The summed E-state index contributed by atoms with van der Waals surface area (Å²) in [4.78, 5) is 25.0. The number of carbonyl (C=O) groups excluding carboxylic acids is 1. The van der Waals surface area contributed by atoms with Crippen molar-refractivity contribution < 1.29 is 42.5 Å². The van der Waals surface area contributed by atoms with E-state index in [-0.39, 0.29) is 18.9 Å². The van der Waals surface area contributed by atoms with Crippen LogP contribution in [-0.4, -0.2) is 49.4 Å². The van der Waals surface area contributed by atoms with Gasteiger partial charge in [0.15, 0.2) is 0 Å². The van der Waals surface area contributed by atoms with Crippen LogP contribution in [0.5, 0.6) is 0 Å². The number of carboxylic acids is 1. The molecule has 0 aliphatic heterocycles.